The zero-order valence-corrected chi connectivity index (χ0v) is 15.2. The predicted molar refractivity (Wildman–Crippen MR) is 95.8 cm³/mol. The maximum Gasteiger partial charge on any atom is 0.201 e. The molecule has 3 aromatic rings. The number of benzene rings is 1. The maximum atomic E-state index is 14.1. The van der Waals surface area contributed by atoms with E-state index < -0.39 is 11.6 Å². The molecular weight excluding hydrogens is 344 g/mol. The van der Waals surface area contributed by atoms with Crippen molar-refractivity contribution in [2.75, 3.05) is 0 Å². The second-order valence-electron chi connectivity index (χ2n) is 6.10. The maximum absolute atomic E-state index is 14.1. The fourth-order valence-corrected chi connectivity index (χ4v) is 4.29. The van der Waals surface area contributed by atoms with Crippen LogP contribution in [0.5, 0.6) is 0 Å². The SMILES string of the molecule is CC(=O)c1c(C)n(Cc2c(F)cccc2F)c2sc(C)c(C)c2c1=O. The van der Waals surface area contributed by atoms with Crippen molar-refractivity contribution < 1.29 is 13.6 Å². The molecule has 0 aliphatic heterocycles. The molecule has 0 saturated heterocycles. The highest BCUT2D eigenvalue weighted by molar-refractivity contribution is 7.18. The Morgan fingerprint density at radius 3 is 2.32 bits per heavy atom. The fourth-order valence-electron chi connectivity index (χ4n) is 3.09. The lowest BCUT2D eigenvalue weighted by Crippen LogP contribution is -2.22. The van der Waals surface area contributed by atoms with Crippen LogP contribution in [0.25, 0.3) is 10.2 Å². The van der Waals surface area contributed by atoms with E-state index in [1.54, 1.807) is 11.5 Å². The van der Waals surface area contributed by atoms with E-state index in [9.17, 15) is 18.4 Å². The summed E-state index contributed by atoms with van der Waals surface area (Å²) in [6.45, 7) is 6.60. The van der Waals surface area contributed by atoms with Gasteiger partial charge in [0.25, 0.3) is 0 Å². The Morgan fingerprint density at radius 1 is 1.16 bits per heavy atom. The largest absolute Gasteiger partial charge is 0.331 e. The number of halogens is 2. The number of nitrogens with zero attached hydrogens (tertiary/aromatic N) is 1. The highest BCUT2D eigenvalue weighted by Crippen LogP contribution is 2.31. The van der Waals surface area contributed by atoms with Gasteiger partial charge in [-0.25, -0.2) is 8.78 Å². The second-order valence-corrected chi connectivity index (χ2v) is 7.30. The number of Topliss-reactive ketones (excluding diaryl/α,β-unsaturated/α-hetero) is 1. The standard InChI is InChI=1S/C19H17F2NO2S/c1-9-12(4)25-19-16(9)18(24)17(11(3)23)10(2)22(19)8-13-14(20)6-5-7-15(13)21/h5-7H,8H2,1-4H3. The molecule has 130 valence electrons. The van der Waals surface area contributed by atoms with Crippen molar-refractivity contribution in [3.8, 4) is 0 Å². The Balaban J connectivity index is 2.40. The first kappa shape index (κ1) is 17.5. The Morgan fingerprint density at radius 2 is 1.76 bits per heavy atom. The van der Waals surface area contributed by atoms with Crippen LogP contribution in [-0.2, 0) is 6.54 Å². The summed E-state index contributed by atoms with van der Waals surface area (Å²) < 4.78 is 29.9. The number of carbonyl (C=O) groups is 1. The molecule has 0 aliphatic rings. The summed E-state index contributed by atoms with van der Waals surface area (Å²) >= 11 is 1.39. The van der Waals surface area contributed by atoms with Crippen molar-refractivity contribution >= 4 is 27.3 Å². The van der Waals surface area contributed by atoms with E-state index in [0.29, 0.717) is 15.9 Å². The molecule has 3 rings (SSSR count). The minimum absolute atomic E-state index is 0.0742. The molecule has 2 aromatic heterocycles. The lowest BCUT2D eigenvalue weighted by molar-refractivity contribution is 0.101. The smallest absolute Gasteiger partial charge is 0.201 e. The molecule has 3 nitrogen and oxygen atoms in total. The molecule has 1 aromatic carbocycles. The van der Waals surface area contributed by atoms with Gasteiger partial charge in [-0.3, -0.25) is 9.59 Å². The minimum atomic E-state index is -0.652. The molecule has 0 unspecified atom stereocenters. The van der Waals surface area contributed by atoms with Crippen LogP contribution in [0.2, 0.25) is 0 Å². The quantitative estimate of drug-likeness (QED) is 0.644. The van der Waals surface area contributed by atoms with Gasteiger partial charge in [0.05, 0.1) is 17.5 Å². The molecule has 0 bridgehead atoms. The Hall–Kier alpha value is -2.34. The summed E-state index contributed by atoms with van der Waals surface area (Å²) in [5, 5.41) is 0.454. The summed E-state index contributed by atoms with van der Waals surface area (Å²) in [5.41, 5.74) is 0.898. The highest BCUT2D eigenvalue weighted by atomic mass is 32.1. The molecule has 0 aliphatic carbocycles. The molecule has 0 atom stereocenters. The third-order valence-electron chi connectivity index (χ3n) is 4.56. The van der Waals surface area contributed by atoms with Crippen molar-refractivity contribution in [1.82, 2.24) is 4.57 Å². The molecule has 0 spiro atoms. The molecule has 0 amide bonds. The minimum Gasteiger partial charge on any atom is -0.331 e. The molecular formula is C19H17F2NO2S. The van der Waals surface area contributed by atoms with E-state index in [1.807, 2.05) is 13.8 Å². The molecule has 25 heavy (non-hydrogen) atoms. The average molecular weight is 361 g/mol. The molecule has 2 heterocycles. The molecule has 0 N–H and O–H groups in total. The van der Waals surface area contributed by atoms with E-state index in [-0.39, 0.29) is 28.9 Å². The van der Waals surface area contributed by atoms with Crippen molar-refractivity contribution in [3.05, 3.63) is 67.3 Å². The number of rotatable bonds is 3. The van der Waals surface area contributed by atoms with E-state index in [0.717, 1.165) is 10.4 Å². The van der Waals surface area contributed by atoms with Crippen LogP contribution in [0.3, 0.4) is 0 Å². The van der Waals surface area contributed by atoms with Gasteiger partial charge in [-0.1, -0.05) is 6.07 Å². The second kappa shape index (κ2) is 6.19. The van der Waals surface area contributed by atoms with E-state index in [2.05, 4.69) is 0 Å². The summed E-state index contributed by atoms with van der Waals surface area (Å²) in [5.74, 6) is -1.66. The van der Waals surface area contributed by atoms with Crippen molar-refractivity contribution in [2.45, 2.75) is 34.2 Å². The fraction of sp³-hybridized carbons (Fsp3) is 0.263. The number of hydrogen-bond acceptors (Lipinski definition) is 3. The van der Waals surface area contributed by atoms with Crippen LogP contribution in [0.4, 0.5) is 8.78 Å². The van der Waals surface area contributed by atoms with Gasteiger partial charge in [0.1, 0.15) is 16.5 Å². The highest BCUT2D eigenvalue weighted by Gasteiger charge is 2.22. The number of aryl methyl sites for hydroxylation is 2. The van der Waals surface area contributed by atoms with E-state index in [4.69, 9.17) is 0 Å². The number of pyridine rings is 1. The average Bonchev–Trinajstić information content (AvgIpc) is 2.81. The third kappa shape index (κ3) is 2.70. The molecule has 0 saturated carbocycles. The summed E-state index contributed by atoms with van der Waals surface area (Å²) in [6.07, 6.45) is 0. The van der Waals surface area contributed by atoms with Crippen LogP contribution in [-0.4, -0.2) is 10.4 Å². The number of aromatic nitrogens is 1. The zero-order chi connectivity index (χ0) is 18.5. The number of thiophene rings is 1. The lowest BCUT2D eigenvalue weighted by Gasteiger charge is -2.16. The van der Waals surface area contributed by atoms with Crippen LogP contribution in [0.1, 0.15) is 39.0 Å². The molecule has 6 heteroatoms. The molecule has 0 radical (unpaired) electrons. The first-order valence-corrected chi connectivity index (χ1v) is 8.62. The Labute approximate surface area is 147 Å². The van der Waals surface area contributed by atoms with Crippen LogP contribution < -0.4 is 5.43 Å². The van der Waals surface area contributed by atoms with Gasteiger partial charge in [0.2, 0.25) is 5.43 Å². The summed E-state index contributed by atoms with van der Waals surface area (Å²) in [7, 11) is 0. The lowest BCUT2D eigenvalue weighted by atomic mass is 10.0. The Kier molecular flexibility index (Phi) is 4.33. The van der Waals surface area contributed by atoms with Crippen LogP contribution >= 0.6 is 11.3 Å². The predicted octanol–water partition coefficient (Wildman–Crippen LogP) is 4.52. The van der Waals surface area contributed by atoms with Gasteiger partial charge in [-0.2, -0.15) is 0 Å². The van der Waals surface area contributed by atoms with Gasteiger partial charge in [0.15, 0.2) is 5.78 Å². The van der Waals surface area contributed by atoms with Crippen LogP contribution in [0, 0.1) is 32.4 Å². The van der Waals surface area contributed by atoms with Gasteiger partial charge < -0.3 is 4.57 Å². The number of carbonyl (C=O) groups excluding carboxylic acids is 1. The van der Waals surface area contributed by atoms with Gasteiger partial charge in [-0.15, -0.1) is 11.3 Å². The van der Waals surface area contributed by atoms with E-state index in [1.165, 1.54) is 36.5 Å². The third-order valence-corrected chi connectivity index (χ3v) is 5.79. The first-order valence-electron chi connectivity index (χ1n) is 7.81. The number of fused-ring (bicyclic) bond motifs is 1. The monoisotopic (exact) mass is 361 g/mol. The first-order chi connectivity index (χ1) is 11.7. The van der Waals surface area contributed by atoms with Gasteiger partial charge in [-0.05, 0) is 45.4 Å². The van der Waals surface area contributed by atoms with Gasteiger partial charge in [0, 0.05) is 16.1 Å². The van der Waals surface area contributed by atoms with Crippen LogP contribution in [0.15, 0.2) is 23.0 Å². The summed E-state index contributed by atoms with van der Waals surface area (Å²) in [4.78, 5) is 26.4. The molecule has 0 fully saturated rings. The number of ketones is 1. The van der Waals surface area contributed by atoms with E-state index >= 15 is 0 Å². The Bertz CT molecular complexity index is 1060. The number of hydrogen-bond donors (Lipinski definition) is 0. The van der Waals surface area contributed by atoms with Crippen molar-refractivity contribution in [2.24, 2.45) is 0 Å². The normalized spacial score (nSPS) is 11.3. The van der Waals surface area contributed by atoms with Crippen molar-refractivity contribution in [3.63, 3.8) is 0 Å². The topological polar surface area (TPSA) is 39.1 Å². The van der Waals surface area contributed by atoms with Gasteiger partial charge >= 0.3 is 0 Å². The zero-order valence-electron chi connectivity index (χ0n) is 14.4. The van der Waals surface area contributed by atoms with Crippen molar-refractivity contribution in [1.29, 1.82) is 0 Å². The summed E-state index contributed by atoms with van der Waals surface area (Å²) in [6, 6.07) is 3.71.